The number of hydrazine groups is 1. The quantitative estimate of drug-likeness (QED) is 0.204. The molecule has 0 aliphatic heterocycles. The number of nitrogens with two attached hydrogens (primary N) is 1. The molecule has 2 saturated carbocycles. The smallest absolute Gasteiger partial charge is 0.242 e. The van der Waals surface area contributed by atoms with Gasteiger partial charge in [0.05, 0.1) is 0 Å². The van der Waals surface area contributed by atoms with Gasteiger partial charge in [-0.05, 0) is 25.7 Å². The second-order valence-corrected chi connectivity index (χ2v) is 4.07. The Morgan fingerprint density at radius 1 is 1.20 bits per heavy atom. The lowest BCUT2D eigenvalue weighted by Gasteiger charge is -2.07. The van der Waals surface area contributed by atoms with Crippen molar-refractivity contribution in [2.75, 3.05) is 6.54 Å². The van der Waals surface area contributed by atoms with Crippen molar-refractivity contribution in [3.05, 3.63) is 0 Å². The maximum atomic E-state index is 11.3. The second-order valence-electron chi connectivity index (χ2n) is 4.07. The number of aliphatic imine (C=N–C) groups is 1. The van der Waals surface area contributed by atoms with E-state index in [4.69, 9.17) is 5.84 Å². The van der Waals surface area contributed by atoms with Gasteiger partial charge in [0.2, 0.25) is 11.9 Å². The zero-order chi connectivity index (χ0) is 10.7. The van der Waals surface area contributed by atoms with Crippen LogP contribution in [-0.2, 0) is 4.79 Å². The highest BCUT2D eigenvalue weighted by molar-refractivity contribution is 5.85. The van der Waals surface area contributed by atoms with Gasteiger partial charge in [0.25, 0.3) is 0 Å². The number of nitrogens with one attached hydrogen (secondary N) is 3. The Morgan fingerprint density at radius 2 is 1.80 bits per heavy atom. The number of nitrogens with zero attached hydrogens (tertiary/aromatic N) is 1. The highest BCUT2D eigenvalue weighted by Crippen LogP contribution is 2.18. The maximum Gasteiger partial charge on any atom is 0.242 e. The first-order chi connectivity index (χ1) is 7.28. The average Bonchev–Trinajstić information content (AvgIpc) is 3.06. The molecule has 2 rings (SSSR count). The summed E-state index contributed by atoms with van der Waals surface area (Å²) < 4.78 is 0. The summed E-state index contributed by atoms with van der Waals surface area (Å²) in [5, 5.41) is 5.96. The molecule has 6 heteroatoms. The molecule has 0 aromatic carbocycles. The fourth-order valence-corrected chi connectivity index (χ4v) is 1.21. The third-order valence-corrected chi connectivity index (χ3v) is 2.38. The lowest BCUT2D eigenvalue weighted by molar-refractivity contribution is -0.119. The van der Waals surface area contributed by atoms with Gasteiger partial charge in [0, 0.05) is 12.1 Å². The molecule has 84 valence electrons. The largest absolute Gasteiger partial charge is 0.353 e. The summed E-state index contributed by atoms with van der Waals surface area (Å²) in [5.74, 6) is 5.74. The molecule has 6 nitrogen and oxygen atoms in total. The first-order valence-corrected chi connectivity index (χ1v) is 5.35. The normalized spacial score (nSPS) is 21.0. The van der Waals surface area contributed by atoms with Crippen LogP contribution in [0.1, 0.15) is 25.7 Å². The van der Waals surface area contributed by atoms with E-state index in [1.54, 1.807) is 0 Å². The number of amides is 1. The van der Waals surface area contributed by atoms with E-state index < -0.39 is 0 Å². The molecule has 0 aromatic rings. The van der Waals surface area contributed by atoms with Gasteiger partial charge < -0.3 is 10.6 Å². The minimum Gasteiger partial charge on any atom is -0.353 e. The number of guanidine groups is 1. The molecule has 15 heavy (non-hydrogen) atoms. The molecule has 0 atom stereocenters. The molecule has 2 fully saturated rings. The van der Waals surface area contributed by atoms with Crippen molar-refractivity contribution in [3.63, 3.8) is 0 Å². The molecule has 0 heterocycles. The lowest BCUT2D eigenvalue weighted by Crippen LogP contribution is -2.43. The summed E-state index contributed by atoms with van der Waals surface area (Å²) in [4.78, 5) is 15.4. The van der Waals surface area contributed by atoms with Crippen molar-refractivity contribution < 1.29 is 4.79 Å². The van der Waals surface area contributed by atoms with E-state index in [1.165, 1.54) is 0 Å². The van der Waals surface area contributed by atoms with Crippen molar-refractivity contribution >= 4 is 11.9 Å². The van der Waals surface area contributed by atoms with Crippen molar-refractivity contribution in [3.8, 4) is 0 Å². The SMILES string of the molecule is NNC(=NCC(=O)NC1CC1)NC1CC1. The van der Waals surface area contributed by atoms with Crippen LogP contribution < -0.4 is 21.9 Å². The summed E-state index contributed by atoms with van der Waals surface area (Å²) in [7, 11) is 0. The minimum absolute atomic E-state index is 0.0390. The van der Waals surface area contributed by atoms with Crippen LogP contribution >= 0.6 is 0 Å². The summed E-state index contributed by atoms with van der Waals surface area (Å²) in [6, 6.07) is 0.865. The van der Waals surface area contributed by atoms with Gasteiger partial charge in [-0.2, -0.15) is 0 Å². The van der Waals surface area contributed by atoms with Crippen molar-refractivity contribution in [2.45, 2.75) is 37.8 Å². The van der Waals surface area contributed by atoms with E-state index in [-0.39, 0.29) is 12.5 Å². The predicted octanol–water partition coefficient (Wildman–Crippen LogP) is -1.16. The van der Waals surface area contributed by atoms with Gasteiger partial charge in [-0.15, -0.1) is 0 Å². The molecular weight excluding hydrogens is 194 g/mol. The molecule has 5 N–H and O–H groups in total. The predicted molar refractivity (Wildman–Crippen MR) is 56.9 cm³/mol. The van der Waals surface area contributed by atoms with Crippen LogP contribution in [0.4, 0.5) is 0 Å². The summed E-state index contributed by atoms with van der Waals surface area (Å²) >= 11 is 0. The summed E-state index contributed by atoms with van der Waals surface area (Å²) in [6.45, 7) is 0.135. The van der Waals surface area contributed by atoms with E-state index in [0.29, 0.717) is 18.0 Å². The molecule has 2 aliphatic carbocycles. The Labute approximate surface area is 88.7 Å². The van der Waals surface area contributed by atoms with Crippen LogP contribution in [0.2, 0.25) is 0 Å². The van der Waals surface area contributed by atoms with E-state index in [9.17, 15) is 4.79 Å². The Balaban J connectivity index is 1.70. The Kier molecular flexibility index (Phi) is 3.05. The third-order valence-electron chi connectivity index (χ3n) is 2.38. The first kappa shape index (κ1) is 10.2. The zero-order valence-electron chi connectivity index (χ0n) is 8.62. The van der Waals surface area contributed by atoms with E-state index >= 15 is 0 Å². The van der Waals surface area contributed by atoms with Gasteiger partial charge in [-0.1, -0.05) is 0 Å². The van der Waals surface area contributed by atoms with Crippen LogP contribution in [0.25, 0.3) is 0 Å². The monoisotopic (exact) mass is 211 g/mol. The molecule has 2 aliphatic rings. The van der Waals surface area contributed by atoms with Crippen molar-refractivity contribution in [1.29, 1.82) is 0 Å². The summed E-state index contributed by atoms with van der Waals surface area (Å²) in [5.41, 5.74) is 2.46. The maximum absolute atomic E-state index is 11.3. The van der Waals surface area contributed by atoms with Crippen LogP contribution in [-0.4, -0.2) is 30.5 Å². The number of hydrogen-bond donors (Lipinski definition) is 4. The van der Waals surface area contributed by atoms with E-state index in [0.717, 1.165) is 25.7 Å². The fourth-order valence-electron chi connectivity index (χ4n) is 1.21. The number of carbonyl (C=O) groups is 1. The topological polar surface area (TPSA) is 91.5 Å². The zero-order valence-corrected chi connectivity index (χ0v) is 8.62. The Bertz CT molecular complexity index is 270. The molecular formula is C9H17N5O. The van der Waals surface area contributed by atoms with Gasteiger partial charge in [0.1, 0.15) is 6.54 Å². The number of carbonyl (C=O) groups excluding carboxylic acids is 1. The lowest BCUT2D eigenvalue weighted by atomic mass is 10.5. The van der Waals surface area contributed by atoms with E-state index in [1.807, 2.05) is 0 Å². The molecule has 0 radical (unpaired) electrons. The van der Waals surface area contributed by atoms with Crippen molar-refractivity contribution in [2.24, 2.45) is 10.8 Å². The van der Waals surface area contributed by atoms with Crippen LogP contribution in [0.5, 0.6) is 0 Å². The number of rotatable bonds is 4. The standard InChI is InChI=1S/C9H17N5O/c10-14-9(13-7-3-4-7)11-5-8(15)12-6-1-2-6/h6-7H,1-5,10H2,(H,12,15)(H2,11,13,14). The van der Waals surface area contributed by atoms with Crippen LogP contribution in [0, 0.1) is 0 Å². The second kappa shape index (κ2) is 4.48. The average molecular weight is 211 g/mol. The molecule has 0 saturated heterocycles. The highest BCUT2D eigenvalue weighted by Gasteiger charge is 2.24. The minimum atomic E-state index is -0.0390. The molecule has 0 aromatic heterocycles. The fraction of sp³-hybridized carbons (Fsp3) is 0.778. The Morgan fingerprint density at radius 3 is 2.33 bits per heavy atom. The highest BCUT2D eigenvalue weighted by atomic mass is 16.2. The van der Waals surface area contributed by atoms with Gasteiger partial charge in [-0.25, -0.2) is 10.8 Å². The number of hydrogen-bond acceptors (Lipinski definition) is 3. The molecule has 0 spiro atoms. The van der Waals surface area contributed by atoms with Crippen LogP contribution in [0.15, 0.2) is 4.99 Å². The third kappa shape index (κ3) is 3.75. The van der Waals surface area contributed by atoms with E-state index in [2.05, 4.69) is 21.1 Å². The van der Waals surface area contributed by atoms with Gasteiger partial charge in [0.15, 0.2) is 0 Å². The van der Waals surface area contributed by atoms with Crippen LogP contribution in [0.3, 0.4) is 0 Å². The Hall–Kier alpha value is -1.30. The molecule has 0 bridgehead atoms. The first-order valence-electron chi connectivity index (χ1n) is 5.35. The van der Waals surface area contributed by atoms with Crippen molar-refractivity contribution in [1.82, 2.24) is 16.1 Å². The van der Waals surface area contributed by atoms with Gasteiger partial charge >= 0.3 is 0 Å². The molecule has 1 amide bonds. The summed E-state index contributed by atoms with van der Waals surface area (Å²) in [6.07, 6.45) is 4.49. The van der Waals surface area contributed by atoms with Gasteiger partial charge in [-0.3, -0.25) is 10.2 Å². The molecule has 0 unspecified atom stereocenters.